The third-order valence-electron chi connectivity index (χ3n) is 6.58. The lowest BCUT2D eigenvalue weighted by molar-refractivity contribution is 0.245. The van der Waals surface area contributed by atoms with E-state index in [1.807, 2.05) is 59.2 Å². The predicted molar refractivity (Wildman–Crippen MR) is 137 cm³/mol. The number of rotatable bonds is 7. The smallest absolute Gasteiger partial charge is 0.261 e. The molecule has 0 N–H and O–H groups in total. The van der Waals surface area contributed by atoms with Crippen molar-refractivity contribution >= 4 is 16.6 Å². The Hall–Kier alpha value is -3.64. The molecule has 0 saturated carbocycles. The van der Waals surface area contributed by atoms with Gasteiger partial charge in [-0.1, -0.05) is 54.6 Å². The van der Waals surface area contributed by atoms with Crippen molar-refractivity contribution in [3.63, 3.8) is 0 Å². The molecule has 1 aliphatic heterocycles. The average molecular weight is 455 g/mol. The molecule has 34 heavy (non-hydrogen) atoms. The zero-order chi connectivity index (χ0) is 23.3. The minimum atomic E-state index is 0.0455. The zero-order valence-corrected chi connectivity index (χ0v) is 19.6. The first-order chi connectivity index (χ1) is 16.7. The Morgan fingerprint density at radius 1 is 0.824 bits per heavy atom. The van der Waals surface area contributed by atoms with E-state index in [2.05, 4.69) is 34.1 Å². The molecule has 6 heteroatoms. The van der Waals surface area contributed by atoms with Crippen molar-refractivity contribution in [1.82, 2.24) is 14.5 Å². The Kier molecular flexibility index (Phi) is 6.58. The van der Waals surface area contributed by atoms with Crippen LogP contribution >= 0.6 is 0 Å². The molecule has 0 unspecified atom stereocenters. The summed E-state index contributed by atoms with van der Waals surface area (Å²) in [7, 11) is 1.72. The van der Waals surface area contributed by atoms with Gasteiger partial charge in [-0.05, 0) is 29.8 Å². The summed E-state index contributed by atoms with van der Waals surface area (Å²) >= 11 is 0. The molecule has 0 aliphatic carbocycles. The first-order valence-corrected chi connectivity index (χ1v) is 11.9. The molecular formula is C28H30N4O2. The summed E-state index contributed by atoms with van der Waals surface area (Å²) in [5.41, 5.74) is 3.11. The van der Waals surface area contributed by atoms with Gasteiger partial charge in [0.05, 0.1) is 23.7 Å². The van der Waals surface area contributed by atoms with E-state index in [1.54, 1.807) is 7.11 Å². The number of piperazine rings is 1. The second kappa shape index (κ2) is 10.1. The number of nitrogens with zero attached hydrogens (tertiary/aromatic N) is 4. The second-order valence-electron chi connectivity index (χ2n) is 8.66. The number of ether oxygens (including phenoxy) is 1. The van der Waals surface area contributed by atoms with Crippen LogP contribution in [0.5, 0.6) is 5.75 Å². The van der Waals surface area contributed by atoms with E-state index in [1.165, 1.54) is 0 Å². The van der Waals surface area contributed by atoms with Crippen molar-refractivity contribution in [2.45, 2.75) is 13.0 Å². The lowest BCUT2D eigenvalue weighted by atomic mass is 10.1. The standard InChI is InChI=1S/C28H30N4O2/c1-34-26-14-8-7-13-25(26)31-18-15-30(16-19-31)17-20-32-27(21-22-9-3-2-4-10-22)29-24-12-6-5-11-23(24)28(32)33/h2-14H,15-21H2,1H3. The Balaban J connectivity index is 1.32. The van der Waals surface area contributed by atoms with Gasteiger partial charge in [0.2, 0.25) is 0 Å². The van der Waals surface area contributed by atoms with Crippen LogP contribution in [0.3, 0.4) is 0 Å². The fourth-order valence-corrected chi connectivity index (χ4v) is 4.70. The minimum Gasteiger partial charge on any atom is -0.495 e. The highest BCUT2D eigenvalue weighted by molar-refractivity contribution is 5.77. The summed E-state index contributed by atoms with van der Waals surface area (Å²) in [6.07, 6.45) is 0.641. The van der Waals surface area contributed by atoms with Gasteiger partial charge in [0, 0.05) is 45.7 Å². The summed E-state index contributed by atoms with van der Waals surface area (Å²) in [4.78, 5) is 23.1. The minimum absolute atomic E-state index is 0.0455. The fourth-order valence-electron chi connectivity index (χ4n) is 4.70. The van der Waals surface area contributed by atoms with Crippen LogP contribution in [0, 0.1) is 0 Å². The second-order valence-corrected chi connectivity index (χ2v) is 8.66. The molecule has 6 nitrogen and oxygen atoms in total. The molecule has 0 amide bonds. The predicted octanol–water partition coefficient (Wildman–Crippen LogP) is 3.82. The summed E-state index contributed by atoms with van der Waals surface area (Å²) < 4.78 is 7.42. The number of para-hydroxylation sites is 3. The molecule has 174 valence electrons. The molecule has 1 aliphatic rings. The summed E-state index contributed by atoms with van der Waals surface area (Å²) in [5, 5.41) is 0.681. The molecule has 1 aromatic heterocycles. The SMILES string of the molecule is COc1ccccc1N1CCN(CCn2c(Cc3ccccc3)nc3ccccc3c2=O)CC1. The molecule has 4 aromatic rings. The van der Waals surface area contributed by atoms with Crippen LogP contribution in [-0.4, -0.2) is 54.3 Å². The van der Waals surface area contributed by atoms with Crippen LogP contribution in [0.1, 0.15) is 11.4 Å². The molecular weight excluding hydrogens is 424 g/mol. The topological polar surface area (TPSA) is 50.6 Å². The van der Waals surface area contributed by atoms with Crippen LogP contribution in [0.2, 0.25) is 0 Å². The highest BCUT2D eigenvalue weighted by atomic mass is 16.5. The Labute approximate surface area is 200 Å². The number of hydrogen-bond donors (Lipinski definition) is 0. The molecule has 5 rings (SSSR count). The van der Waals surface area contributed by atoms with E-state index in [0.717, 1.165) is 61.1 Å². The van der Waals surface area contributed by atoms with Crippen molar-refractivity contribution in [2.75, 3.05) is 44.7 Å². The van der Waals surface area contributed by atoms with Crippen LogP contribution in [0.15, 0.2) is 83.7 Å². The number of benzene rings is 3. The number of aromatic nitrogens is 2. The number of anilines is 1. The highest BCUT2D eigenvalue weighted by Crippen LogP contribution is 2.28. The third kappa shape index (κ3) is 4.68. The molecule has 1 saturated heterocycles. The van der Waals surface area contributed by atoms with Gasteiger partial charge in [-0.3, -0.25) is 14.3 Å². The summed E-state index contributed by atoms with van der Waals surface area (Å²) in [6, 6.07) is 26.1. The molecule has 3 aromatic carbocycles. The monoisotopic (exact) mass is 454 g/mol. The first kappa shape index (κ1) is 22.2. The van der Waals surface area contributed by atoms with E-state index in [4.69, 9.17) is 9.72 Å². The first-order valence-electron chi connectivity index (χ1n) is 11.9. The number of fused-ring (bicyclic) bond motifs is 1. The molecule has 0 radical (unpaired) electrons. The molecule has 0 spiro atoms. The summed E-state index contributed by atoms with van der Waals surface area (Å²) in [5.74, 6) is 1.73. The van der Waals surface area contributed by atoms with E-state index >= 15 is 0 Å². The van der Waals surface area contributed by atoms with Gasteiger partial charge < -0.3 is 9.64 Å². The van der Waals surface area contributed by atoms with Crippen molar-refractivity contribution in [3.8, 4) is 5.75 Å². The van der Waals surface area contributed by atoms with Gasteiger partial charge in [0.15, 0.2) is 0 Å². The Morgan fingerprint density at radius 3 is 2.32 bits per heavy atom. The van der Waals surface area contributed by atoms with Gasteiger partial charge in [-0.25, -0.2) is 4.98 Å². The zero-order valence-electron chi connectivity index (χ0n) is 19.6. The summed E-state index contributed by atoms with van der Waals surface area (Å²) in [6.45, 7) is 5.21. The quantitative estimate of drug-likeness (QED) is 0.425. The van der Waals surface area contributed by atoms with E-state index in [0.29, 0.717) is 18.4 Å². The van der Waals surface area contributed by atoms with Crippen LogP contribution < -0.4 is 15.2 Å². The Bertz CT molecular complexity index is 1310. The maximum Gasteiger partial charge on any atom is 0.261 e. The highest BCUT2D eigenvalue weighted by Gasteiger charge is 2.20. The molecule has 2 heterocycles. The Morgan fingerprint density at radius 2 is 1.53 bits per heavy atom. The molecule has 1 fully saturated rings. The fraction of sp³-hybridized carbons (Fsp3) is 0.286. The van der Waals surface area contributed by atoms with Crippen molar-refractivity contribution < 1.29 is 4.74 Å². The maximum atomic E-state index is 13.4. The van der Waals surface area contributed by atoms with Crippen molar-refractivity contribution in [2.24, 2.45) is 0 Å². The lowest BCUT2D eigenvalue weighted by Gasteiger charge is -2.36. The van der Waals surface area contributed by atoms with Crippen LogP contribution in [-0.2, 0) is 13.0 Å². The van der Waals surface area contributed by atoms with Gasteiger partial charge in [-0.15, -0.1) is 0 Å². The van der Waals surface area contributed by atoms with Crippen LogP contribution in [0.4, 0.5) is 5.69 Å². The third-order valence-corrected chi connectivity index (χ3v) is 6.58. The van der Waals surface area contributed by atoms with Gasteiger partial charge in [-0.2, -0.15) is 0 Å². The van der Waals surface area contributed by atoms with Gasteiger partial charge in [0.25, 0.3) is 5.56 Å². The lowest BCUT2D eigenvalue weighted by Crippen LogP contribution is -2.47. The van der Waals surface area contributed by atoms with Gasteiger partial charge >= 0.3 is 0 Å². The molecule has 0 bridgehead atoms. The normalized spacial score (nSPS) is 14.4. The number of methoxy groups -OCH3 is 1. The number of hydrogen-bond acceptors (Lipinski definition) is 5. The van der Waals surface area contributed by atoms with Crippen molar-refractivity contribution in [1.29, 1.82) is 0 Å². The van der Waals surface area contributed by atoms with E-state index in [-0.39, 0.29) is 5.56 Å². The van der Waals surface area contributed by atoms with Crippen molar-refractivity contribution in [3.05, 3.63) is 101 Å². The van der Waals surface area contributed by atoms with E-state index < -0.39 is 0 Å². The van der Waals surface area contributed by atoms with Crippen LogP contribution in [0.25, 0.3) is 10.9 Å². The largest absolute Gasteiger partial charge is 0.495 e. The molecule has 0 atom stereocenters. The van der Waals surface area contributed by atoms with Gasteiger partial charge in [0.1, 0.15) is 11.6 Å². The maximum absolute atomic E-state index is 13.4. The average Bonchev–Trinajstić information content (AvgIpc) is 2.89. The van der Waals surface area contributed by atoms with E-state index in [9.17, 15) is 4.79 Å².